The number of hydrogen-bond donors (Lipinski definition) is 1. The predicted molar refractivity (Wildman–Crippen MR) is 83.9 cm³/mol. The Bertz CT molecular complexity index is 740. The minimum absolute atomic E-state index is 0.467. The zero-order chi connectivity index (χ0) is 14.7. The second kappa shape index (κ2) is 5.63. The lowest BCUT2D eigenvalue weighted by molar-refractivity contribution is 0.415. The first kappa shape index (κ1) is 13.1. The van der Waals surface area contributed by atoms with Crippen molar-refractivity contribution in [1.82, 2.24) is 9.97 Å². The van der Waals surface area contributed by atoms with E-state index in [1.807, 2.05) is 54.6 Å². The summed E-state index contributed by atoms with van der Waals surface area (Å²) in [6, 6.07) is 17.4. The van der Waals surface area contributed by atoms with Gasteiger partial charge in [0.2, 0.25) is 0 Å². The Morgan fingerprint density at radius 1 is 0.905 bits per heavy atom. The minimum atomic E-state index is 0.467. The van der Waals surface area contributed by atoms with E-state index in [1.165, 1.54) is 0 Å². The fourth-order valence-corrected chi connectivity index (χ4v) is 2.11. The molecule has 21 heavy (non-hydrogen) atoms. The molecule has 0 bridgehead atoms. The lowest BCUT2D eigenvalue weighted by Gasteiger charge is -2.08. The normalized spacial score (nSPS) is 10.3. The maximum Gasteiger partial charge on any atom is 0.161 e. The van der Waals surface area contributed by atoms with Crippen LogP contribution >= 0.6 is 0 Å². The van der Waals surface area contributed by atoms with Crippen molar-refractivity contribution in [3.05, 3.63) is 60.8 Å². The van der Waals surface area contributed by atoms with Crippen LogP contribution in [0.15, 0.2) is 60.8 Å². The van der Waals surface area contributed by atoms with Crippen LogP contribution in [0, 0.1) is 0 Å². The van der Waals surface area contributed by atoms with Gasteiger partial charge in [-0.25, -0.2) is 9.97 Å². The summed E-state index contributed by atoms with van der Waals surface area (Å²) in [5.41, 5.74) is 8.81. The van der Waals surface area contributed by atoms with Gasteiger partial charge in [-0.05, 0) is 17.7 Å². The van der Waals surface area contributed by atoms with Crippen molar-refractivity contribution in [3.8, 4) is 28.3 Å². The molecule has 3 aromatic rings. The van der Waals surface area contributed by atoms with E-state index in [4.69, 9.17) is 10.5 Å². The second-order valence-electron chi connectivity index (χ2n) is 4.59. The Morgan fingerprint density at radius 3 is 2.24 bits per heavy atom. The van der Waals surface area contributed by atoms with Crippen LogP contribution in [0.3, 0.4) is 0 Å². The number of anilines is 1. The molecule has 104 valence electrons. The largest absolute Gasteiger partial charge is 0.497 e. The summed E-state index contributed by atoms with van der Waals surface area (Å²) in [7, 11) is 1.64. The van der Waals surface area contributed by atoms with E-state index in [2.05, 4.69) is 9.97 Å². The van der Waals surface area contributed by atoms with Crippen LogP contribution in [-0.4, -0.2) is 17.1 Å². The van der Waals surface area contributed by atoms with Crippen LogP contribution in [-0.2, 0) is 0 Å². The summed E-state index contributed by atoms with van der Waals surface area (Å²) >= 11 is 0. The lowest BCUT2D eigenvalue weighted by Crippen LogP contribution is -1.98. The Hall–Kier alpha value is -2.88. The van der Waals surface area contributed by atoms with E-state index in [1.54, 1.807) is 13.3 Å². The smallest absolute Gasteiger partial charge is 0.161 e. The molecule has 4 heteroatoms. The lowest BCUT2D eigenvalue weighted by atomic mass is 10.1. The van der Waals surface area contributed by atoms with Gasteiger partial charge in [-0.3, -0.25) is 0 Å². The molecule has 0 spiro atoms. The summed E-state index contributed by atoms with van der Waals surface area (Å²) in [4.78, 5) is 8.80. The molecular formula is C17H15N3O. The van der Waals surface area contributed by atoms with Gasteiger partial charge in [-0.2, -0.15) is 0 Å². The summed E-state index contributed by atoms with van der Waals surface area (Å²) in [5, 5.41) is 0. The van der Waals surface area contributed by atoms with E-state index in [-0.39, 0.29) is 0 Å². The Morgan fingerprint density at radius 2 is 1.62 bits per heavy atom. The van der Waals surface area contributed by atoms with Crippen LogP contribution in [0.5, 0.6) is 5.75 Å². The fourth-order valence-electron chi connectivity index (χ4n) is 2.11. The molecule has 0 aliphatic heterocycles. The summed E-state index contributed by atoms with van der Waals surface area (Å²) in [6.45, 7) is 0. The summed E-state index contributed by atoms with van der Waals surface area (Å²) < 4.78 is 5.15. The number of hydrogen-bond acceptors (Lipinski definition) is 4. The first-order valence-electron chi connectivity index (χ1n) is 6.60. The van der Waals surface area contributed by atoms with Crippen molar-refractivity contribution in [2.45, 2.75) is 0 Å². The molecular weight excluding hydrogens is 262 g/mol. The number of aromatic nitrogens is 2. The van der Waals surface area contributed by atoms with E-state index in [0.717, 1.165) is 22.4 Å². The van der Waals surface area contributed by atoms with E-state index >= 15 is 0 Å². The number of rotatable bonds is 3. The van der Waals surface area contributed by atoms with E-state index in [9.17, 15) is 0 Å². The van der Waals surface area contributed by atoms with Crippen LogP contribution in [0.1, 0.15) is 0 Å². The van der Waals surface area contributed by atoms with Crippen molar-refractivity contribution in [2.75, 3.05) is 12.8 Å². The Kier molecular flexibility index (Phi) is 3.51. The van der Waals surface area contributed by atoms with Crippen molar-refractivity contribution >= 4 is 5.82 Å². The Labute approximate surface area is 123 Å². The summed E-state index contributed by atoms with van der Waals surface area (Å²) in [5.74, 6) is 1.90. The van der Waals surface area contributed by atoms with Gasteiger partial charge in [0.05, 0.1) is 7.11 Å². The minimum Gasteiger partial charge on any atom is -0.497 e. The molecule has 4 nitrogen and oxygen atoms in total. The van der Waals surface area contributed by atoms with Crippen molar-refractivity contribution in [3.63, 3.8) is 0 Å². The number of nitrogen functional groups attached to an aromatic ring is 1. The van der Waals surface area contributed by atoms with Gasteiger partial charge in [-0.15, -0.1) is 0 Å². The molecule has 2 aromatic carbocycles. The number of nitrogens with two attached hydrogens (primary N) is 1. The Balaban J connectivity index is 1.97. The molecule has 3 rings (SSSR count). The highest BCUT2D eigenvalue weighted by Gasteiger charge is 2.08. The number of nitrogens with zero attached hydrogens (tertiary/aromatic N) is 2. The molecule has 2 N–H and O–H groups in total. The molecule has 0 aliphatic rings. The maximum absolute atomic E-state index is 6.08. The zero-order valence-electron chi connectivity index (χ0n) is 11.7. The van der Waals surface area contributed by atoms with Gasteiger partial charge in [0.1, 0.15) is 11.6 Å². The number of benzene rings is 2. The first-order chi connectivity index (χ1) is 10.3. The predicted octanol–water partition coefficient (Wildman–Crippen LogP) is 3.40. The SMILES string of the molecule is COc1ccc(-c2cnc(-c3ccccc3)nc2N)cc1. The molecule has 0 saturated carbocycles. The van der Waals surface area contributed by atoms with Crippen molar-refractivity contribution in [2.24, 2.45) is 0 Å². The third kappa shape index (κ3) is 2.69. The van der Waals surface area contributed by atoms with Gasteiger partial charge in [0.15, 0.2) is 5.82 Å². The van der Waals surface area contributed by atoms with Gasteiger partial charge in [0, 0.05) is 17.3 Å². The molecule has 0 fully saturated rings. The average Bonchev–Trinajstić information content (AvgIpc) is 2.56. The summed E-state index contributed by atoms with van der Waals surface area (Å²) in [6.07, 6.45) is 1.76. The molecule has 1 aromatic heterocycles. The van der Waals surface area contributed by atoms with Crippen molar-refractivity contribution < 1.29 is 4.74 Å². The third-order valence-electron chi connectivity index (χ3n) is 3.25. The zero-order valence-corrected chi connectivity index (χ0v) is 11.7. The highest BCUT2D eigenvalue weighted by atomic mass is 16.5. The van der Waals surface area contributed by atoms with E-state index < -0.39 is 0 Å². The molecule has 0 atom stereocenters. The fraction of sp³-hybridized carbons (Fsp3) is 0.0588. The van der Waals surface area contributed by atoms with Crippen LogP contribution in [0.2, 0.25) is 0 Å². The maximum atomic E-state index is 6.08. The molecule has 0 saturated heterocycles. The van der Waals surface area contributed by atoms with Gasteiger partial charge >= 0.3 is 0 Å². The molecule has 0 unspecified atom stereocenters. The van der Waals surface area contributed by atoms with E-state index in [0.29, 0.717) is 11.6 Å². The van der Waals surface area contributed by atoms with Gasteiger partial charge < -0.3 is 10.5 Å². The topological polar surface area (TPSA) is 61.0 Å². The van der Waals surface area contributed by atoms with Crippen LogP contribution in [0.25, 0.3) is 22.5 Å². The molecule has 0 aliphatic carbocycles. The van der Waals surface area contributed by atoms with Gasteiger partial charge in [-0.1, -0.05) is 42.5 Å². The molecule has 0 amide bonds. The van der Waals surface area contributed by atoms with Crippen LogP contribution < -0.4 is 10.5 Å². The molecule has 0 radical (unpaired) electrons. The average molecular weight is 277 g/mol. The quantitative estimate of drug-likeness (QED) is 0.797. The highest BCUT2D eigenvalue weighted by Crippen LogP contribution is 2.27. The number of ether oxygens (including phenoxy) is 1. The monoisotopic (exact) mass is 277 g/mol. The van der Waals surface area contributed by atoms with Crippen LogP contribution in [0.4, 0.5) is 5.82 Å². The standard InChI is InChI=1S/C17H15N3O/c1-21-14-9-7-12(8-10-14)15-11-19-17(20-16(15)18)13-5-3-2-4-6-13/h2-11H,1H3,(H2,18,19,20). The number of methoxy groups -OCH3 is 1. The third-order valence-corrected chi connectivity index (χ3v) is 3.25. The first-order valence-corrected chi connectivity index (χ1v) is 6.60. The van der Waals surface area contributed by atoms with Gasteiger partial charge in [0.25, 0.3) is 0 Å². The molecule has 1 heterocycles. The van der Waals surface area contributed by atoms with Crippen molar-refractivity contribution in [1.29, 1.82) is 0 Å². The highest BCUT2D eigenvalue weighted by molar-refractivity contribution is 5.74. The second-order valence-corrected chi connectivity index (χ2v) is 4.59.